The number of hydrogen-bond acceptors (Lipinski definition) is 5. The van der Waals surface area contributed by atoms with Gasteiger partial charge in [-0.2, -0.15) is 0 Å². The lowest BCUT2D eigenvalue weighted by Gasteiger charge is -2.14. The number of amides is 2. The van der Waals surface area contributed by atoms with Gasteiger partial charge in [0.1, 0.15) is 12.6 Å². The Hall–Kier alpha value is -2.87. The van der Waals surface area contributed by atoms with Crippen LogP contribution in [0.25, 0.3) is 0 Å². The highest BCUT2D eigenvalue weighted by atomic mass is 16.5. The number of ether oxygens (including phenoxy) is 1. The first kappa shape index (κ1) is 19.2. The number of anilines is 1. The second-order valence-electron chi connectivity index (χ2n) is 4.86. The van der Waals surface area contributed by atoms with Gasteiger partial charge in [-0.05, 0) is 24.1 Å². The molecule has 2 amide bonds. The Morgan fingerprint density at radius 1 is 1.25 bits per heavy atom. The number of nitrogens with one attached hydrogen (secondary N) is 2. The molecule has 1 aromatic rings. The fourth-order valence-corrected chi connectivity index (χ4v) is 1.77. The molecule has 0 saturated heterocycles. The van der Waals surface area contributed by atoms with E-state index in [2.05, 4.69) is 21.9 Å². The summed E-state index contributed by atoms with van der Waals surface area (Å²) in [5.41, 5.74) is 1.24. The van der Waals surface area contributed by atoms with Gasteiger partial charge in [-0.3, -0.25) is 4.79 Å². The zero-order chi connectivity index (χ0) is 17.9. The number of rotatable bonds is 9. The topological polar surface area (TPSA) is 125 Å². The third-order valence-corrected chi connectivity index (χ3v) is 3.00. The van der Waals surface area contributed by atoms with Crippen LogP contribution in [-0.2, 0) is 20.9 Å². The van der Waals surface area contributed by atoms with Crippen LogP contribution in [-0.4, -0.2) is 40.8 Å². The van der Waals surface area contributed by atoms with Crippen molar-refractivity contribution in [2.75, 3.05) is 11.9 Å². The average Bonchev–Trinajstić information content (AvgIpc) is 2.57. The number of hydrogen-bond donors (Lipinski definition) is 4. The summed E-state index contributed by atoms with van der Waals surface area (Å²) in [6, 6.07) is 5.34. The predicted octanol–water partition coefficient (Wildman–Crippen LogP) is 1.26. The van der Waals surface area contributed by atoms with E-state index < -0.39 is 18.1 Å². The summed E-state index contributed by atoms with van der Waals surface area (Å²) in [5, 5.41) is 22.8. The Morgan fingerprint density at radius 2 is 1.92 bits per heavy atom. The van der Waals surface area contributed by atoms with Crippen molar-refractivity contribution in [1.29, 1.82) is 0 Å². The number of carboxylic acids is 1. The largest absolute Gasteiger partial charge is 0.480 e. The lowest BCUT2D eigenvalue weighted by molar-refractivity contribution is -0.139. The van der Waals surface area contributed by atoms with Crippen LogP contribution in [0.2, 0.25) is 0 Å². The van der Waals surface area contributed by atoms with Gasteiger partial charge in [0.15, 0.2) is 0 Å². The highest BCUT2D eigenvalue weighted by molar-refractivity contribution is 5.91. The van der Waals surface area contributed by atoms with E-state index >= 15 is 0 Å². The maximum Gasteiger partial charge on any atom is 0.408 e. The molecular weight excluding hydrogens is 316 g/mol. The molecule has 0 saturated carbocycles. The molecule has 0 heterocycles. The zero-order valence-corrected chi connectivity index (χ0v) is 13.0. The van der Waals surface area contributed by atoms with Gasteiger partial charge in [0.05, 0.1) is 6.61 Å². The average molecular weight is 336 g/mol. The van der Waals surface area contributed by atoms with Gasteiger partial charge in [0.25, 0.3) is 0 Å². The van der Waals surface area contributed by atoms with Crippen LogP contribution in [0.5, 0.6) is 0 Å². The highest BCUT2D eigenvalue weighted by Gasteiger charge is 2.21. The summed E-state index contributed by atoms with van der Waals surface area (Å²) < 4.78 is 4.64. The summed E-state index contributed by atoms with van der Waals surface area (Å²) in [6.07, 6.45) is 0.284. The zero-order valence-electron chi connectivity index (χ0n) is 13.0. The van der Waals surface area contributed by atoms with Gasteiger partial charge in [-0.1, -0.05) is 24.8 Å². The Balaban J connectivity index is 2.47. The minimum absolute atomic E-state index is 0.0392. The number of carboxylic acid groups (broad SMARTS) is 1. The molecule has 0 radical (unpaired) electrons. The van der Waals surface area contributed by atoms with Crippen molar-refractivity contribution in [1.82, 2.24) is 5.32 Å². The number of alkyl carbamates (subject to hydrolysis) is 1. The minimum Gasteiger partial charge on any atom is -0.480 e. The van der Waals surface area contributed by atoms with Crippen LogP contribution < -0.4 is 10.6 Å². The van der Waals surface area contributed by atoms with E-state index in [1.165, 1.54) is 6.08 Å². The molecule has 1 atom stereocenters. The maximum absolute atomic E-state index is 11.8. The van der Waals surface area contributed by atoms with Crippen molar-refractivity contribution in [3.8, 4) is 0 Å². The van der Waals surface area contributed by atoms with E-state index in [1.807, 2.05) is 0 Å². The Kier molecular flexibility index (Phi) is 8.00. The maximum atomic E-state index is 11.8. The van der Waals surface area contributed by atoms with Gasteiger partial charge in [0, 0.05) is 12.1 Å². The molecule has 0 aromatic heterocycles. The van der Waals surface area contributed by atoms with Crippen molar-refractivity contribution in [2.24, 2.45) is 0 Å². The highest BCUT2D eigenvalue weighted by Crippen LogP contribution is 2.10. The monoisotopic (exact) mass is 336 g/mol. The Bertz CT molecular complexity index is 585. The molecule has 0 aliphatic carbocycles. The quantitative estimate of drug-likeness (QED) is 0.503. The molecule has 130 valence electrons. The van der Waals surface area contributed by atoms with Gasteiger partial charge in [-0.25, -0.2) is 9.59 Å². The number of aliphatic hydroxyl groups is 1. The van der Waals surface area contributed by atoms with Crippen LogP contribution in [0.1, 0.15) is 18.4 Å². The molecule has 4 N–H and O–H groups in total. The van der Waals surface area contributed by atoms with Crippen molar-refractivity contribution in [2.45, 2.75) is 25.5 Å². The lowest BCUT2D eigenvalue weighted by atomic mass is 10.1. The normalized spacial score (nSPS) is 11.2. The third-order valence-electron chi connectivity index (χ3n) is 3.00. The van der Waals surface area contributed by atoms with Gasteiger partial charge < -0.3 is 25.6 Å². The van der Waals surface area contributed by atoms with E-state index in [0.717, 1.165) is 0 Å². The SMILES string of the molecule is C=CCOC(=O)NC(CCC(=O)Nc1ccc(CO)cc1)C(=O)O. The number of aliphatic carboxylic acids is 1. The molecule has 0 aliphatic rings. The number of aliphatic hydroxyl groups excluding tert-OH is 1. The van der Waals surface area contributed by atoms with Crippen LogP contribution >= 0.6 is 0 Å². The molecule has 1 unspecified atom stereocenters. The molecule has 8 nitrogen and oxygen atoms in total. The fraction of sp³-hybridized carbons (Fsp3) is 0.312. The van der Waals surface area contributed by atoms with Crippen LogP contribution in [0, 0.1) is 0 Å². The molecular formula is C16H20N2O6. The summed E-state index contributed by atoms with van der Waals surface area (Å²) in [6.45, 7) is 3.23. The number of benzene rings is 1. The van der Waals surface area contributed by atoms with Crippen LogP contribution in [0.4, 0.5) is 10.5 Å². The minimum atomic E-state index is -1.26. The molecule has 24 heavy (non-hydrogen) atoms. The van der Waals surface area contributed by atoms with E-state index in [0.29, 0.717) is 11.3 Å². The van der Waals surface area contributed by atoms with E-state index in [9.17, 15) is 14.4 Å². The van der Waals surface area contributed by atoms with Crippen molar-refractivity contribution in [3.63, 3.8) is 0 Å². The van der Waals surface area contributed by atoms with Gasteiger partial charge in [-0.15, -0.1) is 0 Å². The fourth-order valence-electron chi connectivity index (χ4n) is 1.77. The first-order valence-electron chi connectivity index (χ1n) is 7.23. The van der Waals surface area contributed by atoms with Gasteiger partial charge in [0.2, 0.25) is 5.91 Å². The summed E-state index contributed by atoms with van der Waals surface area (Å²) in [7, 11) is 0. The molecule has 0 spiro atoms. The molecule has 8 heteroatoms. The van der Waals surface area contributed by atoms with Crippen molar-refractivity contribution < 1.29 is 29.3 Å². The van der Waals surface area contributed by atoms with Crippen molar-refractivity contribution in [3.05, 3.63) is 42.5 Å². The first-order chi connectivity index (χ1) is 11.5. The van der Waals surface area contributed by atoms with Crippen molar-refractivity contribution >= 4 is 23.7 Å². The lowest BCUT2D eigenvalue weighted by Crippen LogP contribution is -2.41. The molecule has 0 fully saturated rings. The predicted molar refractivity (Wildman–Crippen MR) is 86.3 cm³/mol. The van der Waals surface area contributed by atoms with Crippen LogP contribution in [0.3, 0.4) is 0 Å². The Morgan fingerprint density at radius 3 is 2.46 bits per heavy atom. The van der Waals surface area contributed by atoms with E-state index in [-0.39, 0.29) is 32.0 Å². The smallest absolute Gasteiger partial charge is 0.408 e. The molecule has 1 aromatic carbocycles. The summed E-state index contributed by atoms with van der Waals surface area (Å²) in [5.74, 6) is -1.65. The molecule has 1 rings (SSSR count). The third kappa shape index (κ3) is 6.93. The van der Waals surface area contributed by atoms with Crippen LogP contribution in [0.15, 0.2) is 36.9 Å². The standard InChI is InChI=1S/C16H20N2O6/c1-2-9-24-16(23)18-13(15(21)22)7-8-14(20)17-12-5-3-11(10-19)4-6-12/h2-6,13,19H,1,7-10H2,(H,17,20)(H,18,23)(H,21,22). The Labute approximate surface area is 139 Å². The second kappa shape index (κ2) is 10.0. The molecule has 0 aliphatic heterocycles. The number of carbonyl (C=O) groups excluding carboxylic acids is 2. The van der Waals surface area contributed by atoms with E-state index in [4.69, 9.17) is 10.2 Å². The molecule has 0 bridgehead atoms. The second-order valence-corrected chi connectivity index (χ2v) is 4.86. The summed E-state index contributed by atoms with van der Waals surface area (Å²) >= 11 is 0. The van der Waals surface area contributed by atoms with E-state index in [1.54, 1.807) is 24.3 Å². The summed E-state index contributed by atoms with van der Waals surface area (Å²) in [4.78, 5) is 34.3. The number of carbonyl (C=O) groups is 3. The first-order valence-corrected chi connectivity index (χ1v) is 7.23. The van der Waals surface area contributed by atoms with Gasteiger partial charge >= 0.3 is 12.1 Å².